The van der Waals surface area contributed by atoms with Gasteiger partial charge in [0, 0.05) is 32.2 Å². The molecule has 18 heavy (non-hydrogen) atoms. The summed E-state index contributed by atoms with van der Waals surface area (Å²) in [6.07, 6.45) is 0. The van der Waals surface area contributed by atoms with Gasteiger partial charge in [-0.25, -0.2) is 0 Å². The molecule has 6 nitrogen and oxygen atoms in total. The van der Waals surface area contributed by atoms with Crippen LogP contribution < -0.4 is 10.6 Å². The van der Waals surface area contributed by atoms with Crippen molar-refractivity contribution in [2.45, 2.75) is 13.8 Å². The number of thiocarbonyl (C=S) groups is 1. The number of hydrogen-bond acceptors (Lipinski definition) is 5. The van der Waals surface area contributed by atoms with Crippen molar-refractivity contribution < 1.29 is 4.79 Å². The van der Waals surface area contributed by atoms with Crippen LogP contribution >= 0.6 is 23.8 Å². The number of anilines is 1. The third kappa shape index (κ3) is 4.19. The van der Waals surface area contributed by atoms with E-state index in [-0.39, 0.29) is 11.6 Å². The Morgan fingerprint density at radius 1 is 1.50 bits per heavy atom. The van der Waals surface area contributed by atoms with Crippen LogP contribution in [0.3, 0.4) is 0 Å². The summed E-state index contributed by atoms with van der Waals surface area (Å²) in [5, 5.41) is 10.6. The van der Waals surface area contributed by atoms with Crippen LogP contribution in [0, 0.1) is 5.92 Å². The van der Waals surface area contributed by atoms with Crippen molar-refractivity contribution in [3.05, 3.63) is 5.69 Å². The van der Waals surface area contributed by atoms with Gasteiger partial charge in [-0.3, -0.25) is 4.79 Å². The minimum Gasteiger partial charge on any atom is -0.355 e. The van der Waals surface area contributed by atoms with Crippen LogP contribution in [0.4, 0.5) is 5.00 Å². The lowest BCUT2D eigenvalue weighted by molar-refractivity contribution is 0.0945. The number of carbonyl (C=O) groups excluding carboxylic acids is 1. The van der Waals surface area contributed by atoms with Crippen molar-refractivity contribution in [2.24, 2.45) is 5.92 Å². The predicted octanol–water partition coefficient (Wildman–Crippen LogP) is 1.18. The molecular formula is C10H17N5OS2. The van der Waals surface area contributed by atoms with Gasteiger partial charge in [0.15, 0.2) is 10.8 Å². The summed E-state index contributed by atoms with van der Waals surface area (Å²) in [6.45, 7) is 4.66. The maximum Gasteiger partial charge on any atom is 0.274 e. The molecule has 0 saturated carbocycles. The average molecular weight is 287 g/mol. The highest BCUT2D eigenvalue weighted by Crippen LogP contribution is 2.17. The number of hydrogen-bond donors (Lipinski definition) is 2. The number of aromatic nitrogens is 2. The first kappa shape index (κ1) is 14.8. The molecule has 0 fully saturated rings. The number of amides is 1. The zero-order valence-corrected chi connectivity index (χ0v) is 12.5. The predicted molar refractivity (Wildman–Crippen MR) is 77.0 cm³/mol. The summed E-state index contributed by atoms with van der Waals surface area (Å²) in [7, 11) is 3.64. The minimum atomic E-state index is -0.235. The molecule has 0 atom stereocenters. The van der Waals surface area contributed by atoms with Gasteiger partial charge in [-0.2, -0.15) is 0 Å². The lowest BCUT2D eigenvalue weighted by Gasteiger charge is -2.14. The first-order valence-electron chi connectivity index (χ1n) is 5.50. The van der Waals surface area contributed by atoms with E-state index in [0.717, 1.165) is 11.5 Å². The summed E-state index contributed by atoms with van der Waals surface area (Å²) in [4.78, 5) is 13.6. The normalized spacial score (nSPS) is 10.3. The molecule has 100 valence electrons. The van der Waals surface area contributed by atoms with Gasteiger partial charge in [0.25, 0.3) is 5.91 Å². The molecule has 0 radical (unpaired) electrons. The molecule has 1 rings (SSSR count). The fourth-order valence-corrected chi connectivity index (χ4v) is 1.74. The van der Waals surface area contributed by atoms with Gasteiger partial charge in [-0.05, 0) is 18.1 Å². The standard InChI is InChI=1S/C10H17N5OS2/c1-6(2)5-11-8(16)7-9(18-14-13-7)12-10(17)15(3)4/h6H,5H2,1-4H3,(H,11,16)(H,12,17). The molecular weight excluding hydrogens is 270 g/mol. The average Bonchev–Trinajstić information content (AvgIpc) is 2.73. The number of nitrogens with one attached hydrogen (secondary N) is 2. The second-order valence-corrected chi connectivity index (χ2v) is 5.52. The smallest absolute Gasteiger partial charge is 0.274 e. The quantitative estimate of drug-likeness (QED) is 0.811. The largest absolute Gasteiger partial charge is 0.355 e. The Morgan fingerprint density at radius 2 is 2.17 bits per heavy atom. The van der Waals surface area contributed by atoms with Crippen LogP contribution in [0.2, 0.25) is 0 Å². The van der Waals surface area contributed by atoms with E-state index in [1.165, 1.54) is 0 Å². The van der Waals surface area contributed by atoms with E-state index in [1.807, 2.05) is 27.9 Å². The van der Waals surface area contributed by atoms with E-state index in [1.54, 1.807) is 4.90 Å². The Kier molecular flexibility index (Phi) is 5.42. The summed E-state index contributed by atoms with van der Waals surface area (Å²) in [5.74, 6) is 0.154. The highest BCUT2D eigenvalue weighted by molar-refractivity contribution is 7.80. The fraction of sp³-hybridized carbons (Fsp3) is 0.600. The van der Waals surface area contributed by atoms with Crippen molar-refractivity contribution in [1.82, 2.24) is 19.8 Å². The molecule has 0 aliphatic rings. The maximum absolute atomic E-state index is 11.9. The molecule has 0 saturated heterocycles. The molecule has 1 heterocycles. The topological polar surface area (TPSA) is 70.1 Å². The number of carbonyl (C=O) groups is 1. The van der Waals surface area contributed by atoms with Crippen molar-refractivity contribution >= 4 is 39.8 Å². The van der Waals surface area contributed by atoms with E-state index >= 15 is 0 Å². The molecule has 2 N–H and O–H groups in total. The van der Waals surface area contributed by atoms with E-state index in [4.69, 9.17) is 12.2 Å². The summed E-state index contributed by atoms with van der Waals surface area (Å²) >= 11 is 6.22. The van der Waals surface area contributed by atoms with E-state index in [0.29, 0.717) is 22.6 Å². The zero-order valence-electron chi connectivity index (χ0n) is 10.9. The van der Waals surface area contributed by atoms with Gasteiger partial charge in [0.2, 0.25) is 0 Å². The molecule has 0 aliphatic carbocycles. The van der Waals surface area contributed by atoms with Gasteiger partial charge in [-0.1, -0.05) is 18.3 Å². The van der Waals surface area contributed by atoms with Gasteiger partial charge < -0.3 is 15.5 Å². The number of nitrogens with zero attached hydrogens (tertiary/aromatic N) is 3. The zero-order chi connectivity index (χ0) is 13.7. The third-order valence-corrected chi connectivity index (χ3v) is 3.11. The van der Waals surface area contributed by atoms with Gasteiger partial charge in [-0.15, -0.1) is 5.10 Å². The van der Waals surface area contributed by atoms with Gasteiger partial charge in [0.1, 0.15) is 5.00 Å². The molecule has 0 unspecified atom stereocenters. The Balaban J connectivity index is 2.70. The molecule has 1 aromatic rings. The first-order valence-corrected chi connectivity index (χ1v) is 6.68. The van der Waals surface area contributed by atoms with Crippen LogP contribution in [0.25, 0.3) is 0 Å². The Bertz CT molecular complexity index is 430. The molecule has 8 heteroatoms. The lowest BCUT2D eigenvalue weighted by Crippen LogP contribution is -2.30. The Hall–Kier alpha value is -1.28. The minimum absolute atomic E-state index is 0.235. The summed E-state index contributed by atoms with van der Waals surface area (Å²) in [5.41, 5.74) is 0.282. The maximum atomic E-state index is 11.9. The molecule has 1 aromatic heterocycles. The highest BCUT2D eigenvalue weighted by atomic mass is 32.1. The molecule has 0 aromatic carbocycles. The Morgan fingerprint density at radius 3 is 2.72 bits per heavy atom. The van der Waals surface area contributed by atoms with E-state index < -0.39 is 0 Å². The second kappa shape index (κ2) is 6.60. The SMILES string of the molecule is CC(C)CNC(=O)c1nnsc1NC(=S)N(C)C. The van der Waals surface area contributed by atoms with Gasteiger partial charge in [0.05, 0.1) is 0 Å². The van der Waals surface area contributed by atoms with Crippen LogP contribution in [-0.2, 0) is 0 Å². The van der Waals surface area contributed by atoms with Crippen molar-refractivity contribution in [3.8, 4) is 0 Å². The van der Waals surface area contributed by atoms with E-state index in [9.17, 15) is 4.79 Å². The highest BCUT2D eigenvalue weighted by Gasteiger charge is 2.17. The summed E-state index contributed by atoms with van der Waals surface area (Å²) in [6, 6.07) is 0. The second-order valence-electron chi connectivity index (χ2n) is 4.38. The molecule has 0 bridgehead atoms. The summed E-state index contributed by atoms with van der Waals surface area (Å²) < 4.78 is 3.77. The van der Waals surface area contributed by atoms with Crippen molar-refractivity contribution in [3.63, 3.8) is 0 Å². The molecule has 1 amide bonds. The third-order valence-electron chi connectivity index (χ3n) is 2.00. The Labute approximate surface area is 116 Å². The van der Waals surface area contributed by atoms with Gasteiger partial charge >= 0.3 is 0 Å². The first-order chi connectivity index (χ1) is 8.41. The van der Waals surface area contributed by atoms with Crippen LogP contribution in [0.1, 0.15) is 24.3 Å². The van der Waals surface area contributed by atoms with E-state index in [2.05, 4.69) is 20.2 Å². The fourth-order valence-electron chi connectivity index (χ4n) is 1.01. The number of rotatable bonds is 4. The van der Waals surface area contributed by atoms with Crippen LogP contribution in [-0.4, -0.2) is 46.1 Å². The van der Waals surface area contributed by atoms with Crippen LogP contribution in [0.5, 0.6) is 0 Å². The molecule has 0 spiro atoms. The van der Waals surface area contributed by atoms with Crippen molar-refractivity contribution in [1.29, 1.82) is 0 Å². The van der Waals surface area contributed by atoms with Crippen LogP contribution in [0.15, 0.2) is 0 Å². The monoisotopic (exact) mass is 287 g/mol. The lowest BCUT2D eigenvalue weighted by atomic mass is 10.2. The van der Waals surface area contributed by atoms with Crippen molar-refractivity contribution in [2.75, 3.05) is 26.0 Å². The molecule has 0 aliphatic heterocycles.